The number of carbonyl (C=O) groups is 1. The molecule has 0 radical (unpaired) electrons. The maximum absolute atomic E-state index is 11.9. The number of nitrogens with zero attached hydrogens (tertiary/aromatic N) is 4. The van der Waals surface area contributed by atoms with E-state index >= 15 is 0 Å². The highest BCUT2D eigenvalue weighted by Gasteiger charge is 2.12. The van der Waals surface area contributed by atoms with Gasteiger partial charge in [-0.1, -0.05) is 16.8 Å². The third-order valence-electron chi connectivity index (χ3n) is 2.23. The highest BCUT2D eigenvalue weighted by atomic mass is 35.5. The molecule has 0 atom stereocenters. The molecule has 0 saturated heterocycles. The SMILES string of the molecule is CCn1cc(Cl)cc1C(=O)NCc1nn[nH]n1. The van der Waals surface area contributed by atoms with Crippen molar-refractivity contribution in [3.8, 4) is 0 Å². The fourth-order valence-electron chi connectivity index (χ4n) is 1.43. The van der Waals surface area contributed by atoms with Gasteiger partial charge in [0.15, 0.2) is 5.82 Å². The van der Waals surface area contributed by atoms with E-state index in [1.54, 1.807) is 16.8 Å². The van der Waals surface area contributed by atoms with Crippen LogP contribution in [0.2, 0.25) is 5.02 Å². The van der Waals surface area contributed by atoms with E-state index in [9.17, 15) is 4.79 Å². The van der Waals surface area contributed by atoms with Gasteiger partial charge in [-0.05, 0) is 13.0 Å². The van der Waals surface area contributed by atoms with E-state index in [2.05, 4.69) is 25.9 Å². The van der Waals surface area contributed by atoms with Gasteiger partial charge >= 0.3 is 0 Å². The van der Waals surface area contributed by atoms with E-state index < -0.39 is 0 Å². The predicted octanol–water partition coefficient (Wildman–Crippen LogP) is 0.604. The van der Waals surface area contributed by atoms with Gasteiger partial charge in [-0.2, -0.15) is 5.21 Å². The summed E-state index contributed by atoms with van der Waals surface area (Å²) in [6.45, 7) is 2.84. The molecule has 2 rings (SSSR count). The Morgan fingerprint density at radius 2 is 2.47 bits per heavy atom. The zero-order valence-electron chi connectivity index (χ0n) is 9.14. The van der Waals surface area contributed by atoms with Crippen molar-refractivity contribution < 1.29 is 4.79 Å². The first-order valence-electron chi connectivity index (χ1n) is 5.07. The number of halogens is 1. The molecule has 1 amide bonds. The number of aromatic amines is 1. The van der Waals surface area contributed by atoms with Crippen molar-refractivity contribution in [3.63, 3.8) is 0 Å². The lowest BCUT2D eigenvalue weighted by Crippen LogP contribution is -2.25. The summed E-state index contributed by atoms with van der Waals surface area (Å²) in [5, 5.41) is 16.4. The second kappa shape index (κ2) is 4.96. The van der Waals surface area contributed by atoms with Crippen LogP contribution in [0.5, 0.6) is 0 Å². The number of rotatable bonds is 4. The van der Waals surface area contributed by atoms with Crippen LogP contribution in [0.1, 0.15) is 23.2 Å². The number of aryl methyl sites for hydroxylation is 1. The van der Waals surface area contributed by atoms with Crippen molar-refractivity contribution in [3.05, 3.63) is 28.8 Å². The quantitative estimate of drug-likeness (QED) is 0.836. The zero-order chi connectivity index (χ0) is 12.3. The first-order valence-corrected chi connectivity index (χ1v) is 5.44. The average molecular weight is 255 g/mol. The molecule has 0 aliphatic carbocycles. The summed E-state index contributed by atoms with van der Waals surface area (Å²) < 4.78 is 1.77. The average Bonchev–Trinajstić information content (AvgIpc) is 2.94. The van der Waals surface area contributed by atoms with Crippen LogP contribution >= 0.6 is 11.6 Å². The number of amides is 1. The molecule has 2 aromatic rings. The van der Waals surface area contributed by atoms with Gasteiger partial charge in [0.05, 0.1) is 11.6 Å². The van der Waals surface area contributed by atoms with E-state index in [0.29, 0.717) is 23.1 Å². The molecule has 0 unspecified atom stereocenters. The van der Waals surface area contributed by atoms with Crippen LogP contribution < -0.4 is 5.32 Å². The first kappa shape index (κ1) is 11.6. The number of tetrazole rings is 1. The van der Waals surface area contributed by atoms with Crippen molar-refractivity contribution in [2.45, 2.75) is 20.0 Å². The number of hydrogen-bond acceptors (Lipinski definition) is 4. The summed E-state index contributed by atoms with van der Waals surface area (Å²) in [6.07, 6.45) is 1.71. The first-order chi connectivity index (χ1) is 8.20. The molecule has 0 spiro atoms. The molecule has 0 aliphatic heterocycles. The van der Waals surface area contributed by atoms with Gasteiger partial charge in [-0.3, -0.25) is 4.79 Å². The molecule has 0 fully saturated rings. The van der Waals surface area contributed by atoms with Crippen LogP contribution in [-0.4, -0.2) is 31.1 Å². The zero-order valence-corrected chi connectivity index (χ0v) is 9.90. The lowest BCUT2D eigenvalue weighted by atomic mass is 10.4. The van der Waals surface area contributed by atoms with Crippen molar-refractivity contribution in [1.29, 1.82) is 0 Å². The van der Waals surface area contributed by atoms with Crippen molar-refractivity contribution in [1.82, 2.24) is 30.5 Å². The fourth-order valence-corrected chi connectivity index (χ4v) is 1.66. The number of H-pyrrole nitrogens is 1. The van der Waals surface area contributed by atoms with Gasteiger partial charge in [-0.25, -0.2) is 0 Å². The topological polar surface area (TPSA) is 88.5 Å². The Bertz CT molecular complexity index is 506. The van der Waals surface area contributed by atoms with Crippen LogP contribution in [0.4, 0.5) is 0 Å². The summed E-state index contributed by atoms with van der Waals surface area (Å²) in [5.41, 5.74) is 0.515. The Labute approximate surface area is 102 Å². The van der Waals surface area contributed by atoms with E-state index in [1.165, 1.54) is 0 Å². The summed E-state index contributed by atoms with van der Waals surface area (Å²) in [5.74, 6) is 0.211. The van der Waals surface area contributed by atoms with Gasteiger partial charge in [0.25, 0.3) is 5.91 Å². The molecular formula is C9H11ClN6O. The molecule has 2 aromatic heterocycles. The fraction of sp³-hybridized carbons (Fsp3) is 0.333. The monoisotopic (exact) mass is 254 g/mol. The number of carbonyl (C=O) groups excluding carboxylic acids is 1. The Hall–Kier alpha value is -1.89. The van der Waals surface area contributed by atoms with Gasteiger partial charge in [0.1, 0.15) is 5.69 Å². The van der Waals surface area contributed by atoms with Gasteiger partial charge in [-0.15, -0.1) is 10.2 Å². The normalized spacial score (nSPS) is 10.5. The third-order valence-corrected chi connectivity index (χ3v) is 2.44. The summed E-state index contributed by atoms with van der Waals surface area (Å²) in [7, 11) is 0. The Balaban J connectivity index is 2.04. The van der Waals surface area contributed by atoms with Crippen LogP contribution in [0.3, 0.4) is 0 Å². The molecule has 2 heterocycles. The van der Waals surface area contributed by atoms with Crippen molar-refractivity contribution in [2.24, 2.45) is 0 Å². The highest BCUT2D eigenvalue weighted by Crippen LogP contribution is 2.14. The van der Waals surface area contributed by atoms with Crippen LogP contribution in [0, 0.1) is 0 Å². The largest absolute Gasteiger partial charge is 0.343 e. The van der Waals surface area contributed by atoms with Gasteiger partial charge in [0.2, 0.25) is 0 Å². The Kier molecular flexibility index (Phi) is 3.38. The lowest BCUT2D eigenvalue weighted by molar-refractivity contribution is 0.0940. The predicted molar refractivity (Wildman–Crippen MR) is 60.5 cm³/mol. The molecule has 2 N–H and O–H groups in total. The molecule has 8 heteroatoms. The summed E-state index contributed by atoms with van der Waals surface area (Å²) in [4.78, 5) is 11.9. The second-order valence-corrected chi connectivity index (χ2v) is 3.78. The van der Waals surface area contributed by atoms with Crippen molar-refractivity contribution >= 4 is 17.5 Å². The molecule has 0 aliphatic rings. The molecule has 90 valence electrons. The van der Waals surface area contributed by atoms with E-state index in [0.717, 1.165) is 0 Å². The highest BCUT2D eigenvalue weighted by molar-refractivity contribution is 6.31. The van der Waals surface area contributed by atoms with Crippen LogP contribution in [0.15, 0.2) is 12.3 Å². The Morgan fingerprint density at radius 1 is 1.65 bits per heavy atom. The molecule has 0 aromatic carbocycles. The third kappa shape index (κ3) is 2.62. The minimum atomic E-state index is -0.219. The lowest BCUT2D eigenvalue weighted by Gasteiger charge is -2.05. The van der Waals surface area contributed by atoms with Crippen molar-refractivity contribution in [2.75, 3.05) is 0 Å². The maximum Gasteiger partial charge on any atom is 0.268 e. The van der Waals surface area contributed by atoms with Crippen LogP contribution in [0.25, 0.3) is 0 Å². The van der Waals surface area contributed by atoms with Crippen LogP contribution in [-0.2, 0) is 13.1 Å². The minimum absolute atomic E-state index is 0.219. The van der Waals surface area contributed by atoms with E-state index in [4.69, 9.17) is 11.6 Å². The number of aromatic nitrogens is 5. The number of nitrogens with one attached hydrogen (secondary N) is 2. The maximum atomic E-state index is 11.9. The van der Waals surface area contributed by atoms with Gasteiger partial charge in [0, 0.05) is 12.7 Å². The number of hydrogen-bond donors (Lipinski definition) is 2. The summed E-state index contributed by atoms with van der Waals surface area (Å²) in [6, 6.07) is 1.62. The molecular weight excluding hydrogens is 244 g/mol. The minimum Gasteiger partial charge on any atom is -0.343 e. The molecule has 17 heavy (non-hydrogen) atoms. The summed E-state index contributed by atoms with van der Waals surface area (Å²) >= 11 is 5.85. The smallest absolute Gasteiger partial charge is 0.268 e. The standard InChI is InChI=1S/C9H11ClN6O/c1-2-16-5-6(10)3-7(16)9(17)11-4-8-12-14-15-13-8/h3,5H,2,4H2,1H3,(H,11,17)(H,12,13,14,15). The molecule has 7 nitrogen and oxygen atoms in total. The molecule has 0 saturated carbocycles. The van der Waals surface area contributed by atoms with E-state index in [1.807, 2.05) is 6.92 Å². The molecule has 0 bridgehead atoms. The second-order valence-electron chi connectivity index (χ2n) is 3.34. The Morgan fingerprint density at radius 3 is 3.12 bits per heavy atom. The van der Waals surface area contributed by atoms with Gasteiger partial charge < -0.3 is 9.88 Å². The van der Waals surface area contributed by atoms with E-state index in [-0.39, 0.29) is 12.5 Å².